The van der Waals surface area contributed by atoms with Crippen LogP contribution in [0.4, 0.5) is 11.4 Å². The van der Waals surface area contributed by atoms with Crippen LogP contribution in [0, 0.1) is 0 Å². The summed E-state index contributed by atoms with van der Waals surface area (Å²) in [6.45, 7) is -0.368. The van der Waals surface area contributed by atoms with Gasteiger partial charge in [-0.2, -0.15) is 0 Å². The van der Waals surface area contributed by atoms with Crippen molar-refractivity contribution in [2.75, 3.05) is 30.9 Å². The highest BCUT2D eigenvalue weighted by Crippen LogP contribution is 2.22. The second kappa shape index (κ2) is 9.41. The highest BCUT2D eigenvalue weighted by atomic mass is 16.5. The van der Waals surface area contributed by atoms with Gasteiger partial charge < -0.3 is 19.7 Å². The minimum absolute atomic E-state index is 0.368. The van der Waals surface area contributed by atoms with E-state index in [4.69, 9.17) is 9.47 Å². The lowest BCUT2D eigenvalue weighted by atomic mass is 10.2. The predicted octanol–water partition coefficient (Wildman–Crippen LogP) is 4.34. The molecule has 0 heterocycles. The van der Waals surface area contributed by atoms with Crippen LogP contribution in [0.3, 0.4) is 0 Å². The molecule has 0 aliphatic carbocycles. The highest BCUT2D eigenvalue weighted by Gasteiger charge is 2.11. The van der Waals surface area contributed by atoms with E-state index < -0.39 is 11.9 Å². The van der Waals surface area contributed by atoms with Gasteiger partial charge in [0, 0.05) is 25.5 Å². The number of benzene rings is 3. The Morgan fingerprint density at radius 1 is 0.862 bits per heavy atom. The first-order chi connectivity index (χ1) is 14.0. The molecule has 1 N–H and O–H groups in total. The summed E-state index contributed by atoms with van der Waals surface area (Å²) in [6.07, 6.45) is 0. The van der Waals surface area contributed by atoms with E-state index in [0.717, 1.165) is 11.4 Å². The molecule has 0 fully saturated rings. The van der Waals surface area contributed by atoms with Gasteiger partial charge in [-0.3, -0.25) is 4.79 Å². The summed E-state index contributed by atoms with van der Waals surface area (Å²) in [5.74, 6) is 0.422. The third kappa shape index (κ3) is 5.84. The molecule has 0 saturated carbocycles. The molecule has 0 radical (unpaired) electrons. The first-order valence-corrected chi connectivity index (χ1v) is 9.08. The van der Waals surface area contributed by atoms with Crippen LogP contribution in [-0.2, 0) is 9.53 Å². The topological polar surface area (TPSA) is 67.9 Å². The Bertz CT molecular complexity index is 970. The monoisotopic (exact) mass is 390 g/mol. The van der Waals surface area contributed by atoms with Crippen molar-refractivity contribution >= 4 is 23.3 Å². The molecule has 1 amide bonds. The van der Waals surface area contributed by atoms with Gasteiger partial charge in [0.2, 0.25) is 0 Å². The Balaban J connectivity index is 1.50. The number of carbonyl (C=O) groups excluding carboxylic acids is 2. The summed E-state index contributed by atoms with van der Waals surface area (Å²) in [6, 6.07) is 23.4. The largest absolute Gasteiger partial charge is 0.457 e. The van der Waals surface area contributed by atoms with E-state index in [2.05, 4.69) is 5.32 Å². The number of nitrogens with zero attached hydrogens (tertiary/aromatic N) is 1. The van der Waals surface area contributed by atoms with Crippen LogP contribution in [0.25, 0.3) is 0 Å². The van der Waals surface area contributed by atoms with Crippen LogP contribution in [-0.4, -0.2) is 32.6 Å². The Hall–Kier alpha value is -3.80. The van der Waals surface area contributed by atoms with Crippen molar-refractivity contribution in [1.29, 1.82) is 0 Å². The maximum absolute atomic E-state index is 12.2. The molecule has 0 aromatic heterocycles. The van der Waals surface area contributed by atoms with Crippen LogP contribution in [0.1, 0.15) is 10.4 Å². The molecule has 0 bridgehead atoms. The van der Waals surface area contributed by atoms with E-state index >= 15 is 0 Å². The van der Waals surface area contributed by atoms with Crippen molar-refractivity contribution in [3.05, 3.63) is 84.4 Å². The van der Waals surface area contributed by atoms with Gasteiger partial charge in [-0.05, 0) is 54.6 Å². The number of rotatable bonds is 7. The molecule has 0 spiro atoms. The van der Waals surface area contributed by atoms with Crippen LogP contribution in [0.2, 0.25) is 0 Å². The van der Waals surface area contributed by atoms with E-state index in [1.807, 2.05) is 55.4 Å². The lowest BCUT2D eigenvalue weighted by Crippen LogP contribution is -2.21. The molecule has 0 atom stereocenters. The van der Waals surface area contributed by atoms with Crippen molar-refractivity contribution in [2.24, 2.45) is 0 Å². The van der Waals surface area contributed by atoms with E-state index in [9.17, 15) is 9.59 Å². The fraction of sp³-hybridized carbons (Fsp3) is 0.130. The summed E-state index contributed by atoms with van der Waals surface area (Å²) in [7, 11) is 3.77. The van der Waals surface area contributed by atoms with Gasteiger partial charge in [-0.15, -0.1) is 0 Å². The van der Waals surface area contributed by atoms with Crippen LogP contribution < -0.4 is 15.0 Å². The summed E-state index contributed by atoms with van der Waals surface area (Å²) in [4.78, 5) is 26.1. The molecule has 3 rings (SSSR count). The molecule has 0 unspecified atom stereocenters. The molecule has 0 saturated heterocycles. The molecular weight excluding hydrogens is 368 g/mol. The Kier molecular flexibility index (Phi) is 6.47. The minimum Gasteiger partial charge on any atom is -0.457 e. The molecule has 3 aromatic rings. The lowest BCUT2D eigenvalue weighted by molar-refractivity contribution is -0.119. The predicted molar refractivity (Wildman–Crippen MR) is 113 cm³/mol. The molecule has 6 heteroatoms. The second-order valence-electron chi connectivity index (χ2n) is 6.51. The van der Waals surface area contributed by atoms with Gasteiger partial charge in [0.05, 0.1) is 5.56 Å². The van der Waals surface area contributed by atoms with Crippen LogP contribution in [0.15, 0.2) is 78.9 Å². The standard InChI is InChI=1S/C23H22N2O4/c1-25(2)19-8-6-7-17(15-19)23(27)28-16-22(26)24-18-11-13-21(14-12-18)29-20-9-4-3-5-10-20/h3-15H,16H2,1-2H3,(H,24,26). The van der Waals surface area contributed by atoms with Crippen molar-refractivity contribution < 1.29 is 19.1 Å². The average Bonchev–Trinajstić information content (AvgIpc) is 2.74. The maximum Gasteiger partial charge on any atom is 0.338 e. The summed E-state index contributed by atoms with van der Waals surface area (Å²) < 4.78 is 10.8. The number of amides is 1. The molecular formula is C23H22N2O4. The molecule has 0 aliphatic heterocycles. The summed E-state index contributed by atoms with van der Waals surface area (Å²) in [5, 5.41) is 2.69. The Morgan fingerprint density at radius 3 is 2.24 bits per heavy atom. The van der Waals surface area contributed by atoms with E-state index in [-0.39, 0.29) is 6.61 Å². The first kappa shape index (κ1) is 19.9. The zero-order valence-corrected chi connectivity index (χ0v) is 16.3. The van der Waals surface area contributed by atoms with E-state index in [0.29, 0.717) is 17.0 Å². The Morgan fingerprint density at radius 2 is 1.55 bits per heavy atom. The lowest BCUT2D eigenvalue weighted by Gasteiger charge is -2.13. The molecule has 29 heavy (non-hydrogen) atoms. The SMILES string of the molecule is CN(C)c1cccc(C(=O)OCC(=O)Nc2ccc(Oc3ccccc3)cc2)c1. The van der Waals surface area contributed by atoms with E-state index in [1.165, 1.54) is 0 Å². The molecule has 148 valence electrons. The maximum atomic E-state index is 12.2. The number of hydrogen-bond donors (Lipinski definition) is 1. The fourth-order valence-electron chi connectivity index (χ4n) is 2.55. The number of esters is 1. The average molecular weight is 390 g/mol. The van der Waals surface area contributed by atoms with Crippen molar-refractivity contribution in [2.45, 2.75) is 0 Å². The smallest absolute Gasteiger partial charge is 0.338 e. The normalized spacial score (nSPS) is 10.1. The second-order valence-corrected chi connectivity index (χ2v) is 6.51. The minimum atomic E-state index is -0.546. The summed E-state index contributed by atoms with van der Waals surface area (Å²) >= 11 is 0. The third-order valence-electron chi connectivity index (χ3n) is 4.05. The van der Waals surface area contributed by atoms with Gasteiger partial charge in [0.25, 0.3) is 5.91 Å². The number of ether oxygens (including phenoxy) is 2. The van der Waals surface area contributed by atoms with Crippen molar-refractivity contribution in [3.8, 4) is 11.5 Å². The fourth-order valence-corrected chi connectivity index (χ4v) is 2.55. The van der Waals surface area contributed by atoms with Crippen LogP contribution >= 0.6 is 0 Å². The molecule has 6 nitrogen and oxygen atoms in total. The molecule has 3 aromatic carbocycles. The number of nitrogens with one attached hydrogen (secondary N) is 1. The van der Waals surface area contributed by atoms with Gasteiger partial charge >= 0.3 is 5.97 Å². The third-order valence-corrected chi connectivity index (χ3v) is 4.05. The van der Waals surface area contributed by atoms with Gasteiger partial charge in [0.15, 0.2) is 6.61 Å². The summed E-state index contributed by atoms with van der Waals surface area (Å²) in [5.41, 5.74) is 1.86. The van der Waals surface area contributed by atoms with Crippen molar-refractivity contribution in [1.82, 2.24) is 0 Å². The molecule has 0 aliphatic rings. The zero-order chi connectivity index (χ0) is 20.6. The van der Waals surface area contributed by atoms with Gasteiger partial charge in [-0.25, -0.2) is 4.79 Å². The Labute approximate surface area is 169 Å². The number of anilines is 2. The number of hydrogen-bond acceptors (Lipinski definition) is 5. The van der Waals surface area contributed by atoms with Gasteiger partial charge in [0.1, 0.15) is 11.5 Å². The van der Waals surface area contributed by atoms with Gasteiger partial charge in [-0.1, -0.05) is 24.3 Å². The number of para-hydroxylation sites is 1. The van der Waals surface area contributed by atoms with Crippen LogP contribution in [0.5, 0.6) is 11.5 Å². The van der Waals surface area contributed by atoms with E-state index in [1.54, 1.807) is 42.5 Å². The first-order valence-electron chi connectivity index (χ1n) is 9.08. The quantitative estimate of drug-likeness (QED) is 0.608. The van der Waals surface area contributed by atoms with Crippen molar-refractivity contribution in [3.63, 3.8) is 0 Å². The highest BCUT2D eigenvalue weighted by molar-refractivity contribution is 5.95. The number of carbonyl (C=O) groups is 2. The zero-order valence-electron chi connectivity index (χ0n) is 16.3.